The summed E-state index contributed by atoms with van der Waals surface area (Å²) in [4.78, 5) is 11.5. The summed E-state index contributed by atoms with van der Waals surface area (Å²) in [5.74, 6) is -0.323. The quantitative estimate of drug-likeness (QED) is 0.781. The largest absolute Gasteiger partial charge is 0.488 e. The summed E-state index contributed by atoms with van der Waals surface area (Å²) in [5.41, 5.74) is 1.23. The second kappa shape index (κ2) is 5.97. The molecule has 2 rings (SSSR count). The minimum atomic E-state index is -0.475. The molecule has 2 aromatic rings. The zero-order valence-corrected chi connectivity index (χ0v) is 11.9. The van der Waals surface area contributed by atoms with E-state index in [-0.39, 0.29) is 15.8 Å². The number of benzene rings is 2. The third-order valence-electron chi connectivity index (χ3n) is 2.64. The van der Waals surface area contributed by atoms with Crippen LogP contribution in [-0.4, -0.2) is 5.78 Å². The molecule has 0 atom stereocenters. The Kier molecular flexibility index (Phi) is 4.32. The first kappa shape index (κ1) is 13.7. The summed E-state index contributed by atoms with van der Waals surface area (Å²) in [6.45, 7) is 1.72. The van der Waals surface area contributed by atoms with Gasteiger partial charge in [-0.15, -0.1) is 0 Å². The number of Topliss-reactive ketones (excluding diaryl/α,β-unsaturated/α-hetero) is 1. The fourth-order valence-corrected chi connectivity index (χ4v) is 1.98. The number of ether oxygens (including phenoxy) is 1. The van der Waals surface area contributed by atoms with E-state index in [0.717, 1.165) is 5.56 Å². The van der Waals surface area contributed by atoms with E-state index >= 15 is 0 Å². The SMILES string of the molecule is CC(=O)c1cc(F)c(Br)cc1OCc1ccccc1. The summed E-state index contributed by atoms with van der Waals surface area (Å²) >= 11 is 3.09. The Balaban J connectivity index is 2.24. The molecule has 0 aromatic heterocycles. The summed E-state index contributed by atoms with van der Waals surface area (Å²) in [6, 6.07) is 12.2. The maximum atomic E-state index is 13.4. The van der Waals surface area contributed by atoms with Crippen molar-refractivity contribution in [2.75, 3.05) is 0 Å². The van der Waals surface area contributed by atoms with Crippen LogP contribution in [0.25, 0.3) is 0 Å². The molecule has 0 unspecified atom stereocenters. The van der Waals surface area contributed by atoms with Gasteiger partial charge in [0.2, 0.25) is 0 Å². The summed E-state index contributed by atoms with van der Waals surface area (Å²) in [5, 5.41) is 0. The molecule has 98 valence electrons. The lowest BCUT2D eigenvalue weighted by Crippen LogP contribution is -2.02. The molecule has 0 aliphatic heterocycles. The number of carbonyl (C=O) groups excluding carboxylic acids is 1. The molecule has 0 spiro atoms. The first-order valence-electron chi connectivity index (χ1n) is 5.74. The van der Waals surface area contributed by atoms with Gasteiger partial charge in [0.25, 0.3) is 0 Å². The van der Waals surface area contributed by atoms with Crippen molar-refractivity contribution >= 4 is 21.7 Å². The van der Waals surface area contributed by atoms with E-state index in [1.807, 2.05) is 30.3 Å². The molecule has 2 aromatic carbocycles. The average Bonchev–Trinajstić information content (AvgIpc) is 2.40. The number of rotatable bonds is 4. The summed E-state index contributed by atoms with van der Waals surface area (Å²) in [6.07, 6.45) is 0. The van der Waals surface area contributed by atoms with Gasteiger partial charge in [0.1, 0.15) is 18.2 Å². The molecule has 0 saturated heterocycles. The van der Waals surface area contributed by atoms with E-state index in [0.29, 0.717) is 12.4 Å². The molecule has 0 aliphatic rings. The van der Waals surface area contributed by atoms with Gasteiger partial charge in [0.05, 0.1) is 10.0 Å². The van der Waals surface area contributed by atoms with Crippen LogP contribution < -0.4 is 4.74 Å². The van der Waals surface area contributed by atoms with Crippen LogP contribution in [0.2, 0.25) is 0 Å². The van der Waals surface area contributed by atoms with Gasteiger partial charge in [0, 0.05) is 0 Å². The number of hydrogen-bond donors (Lipinski definition) is 0. The number of hydrogen-bond acceptors (Lipinski definition) is 2. The van der Waals surface area contributed by atoms with Crippen LogP contribution in [0.3, 0.4) is 0 Å². The van der Waals surface area contributed by atoms with Gasteiger partial charge in [-0.2, -0.15) is 0 Å². The van der Waals surface area contributed by atoms with Gasteiger partial charge in [-0.05, 0) is 40.5 Å². The predicted molar refractivity (Wildman–Crippen MR) is 74.9 cm³/mol. The minimum absolute atomic E-state index is 0.227. The Hall–Kier alpha value is -1.68. The van der Waals surface area contributed by atoms with E-state index < -0.39 is 5.82 Å². The molecular formula is C15H12BrFO2. The summed E-state index contributed by atoms with van der Waals surface area (Å²) in [7, 11) is 0. The van der Waals surface area contributed by atoms with Gasteiger partial charge in [-0.3, -0.25) is 4.79 Å². The normalized spacial score (nSPS) is 10.3. The molecular weight excluding hydrogens is 311 g/mol. The van der Waals surface area contributed by atoms with Gasteiger partial charge < -0.3 is 4.74 Å². The lowest BCUT2D eigenvalue weighted by atomic mass is 10.1. The third kappa shape index (κ3) is 3.41. The van der Waals surface area contributed by atoms with Crippen LogP contribution in [0.1, 0.15) is 22.8 Å². The van der Waals surface area contributed by atoms with Gasteiger partial charge in [-0.25, -0.2) is 4.39 Å². The van der Waals surface area contributed by atoms with Gasteiger partial charge in [0.15, 0.2) is 5.78 Å². The molecule has 0 amide bonds. The highest BCUT2D eigenvalue weighted by Gasteiger charge is 2.13. The van der Waals surface area contributed by atoms with Crippen LogP contribution >= 0.6 is 15.9 Å². The smallest absolute Gasteiger partial charge is 0.163 e. The van der Waals surface area contributed by atoms with Crippen molar-refractivity contribution in [1.29, 1.82) is 0 Å². The lowest BCUT2D eigenvalue weighted by Gasteiger charge is -2.11. The van der Waals surface area contributed by atoms with Crippen molar-refractivity contribution in [3.05, 3.63) is 63.9 Å². The highest BCUT2D eigenvalue weighted by atomic mass is 79.9. The minimum Gasteiger partial charge on any atom is -0.488 e. The van der Waals surface area contributed by atoms with Crippen molar-refractivity contribution in [3.8, 4) is 5.75 Å². The Labute approximate surface area is 119 Å². The lowest BCUT2D eigenvalue weighted by molar-refractivity contribution is 0.101. The van der Waals surface area contributed by atoms with E-state index in [4.69, 9.17) is 4.74 Å². The first-order chi connectivity index (χ1) is 9.08. The molecule has 0 saturated carbocycles. The zero-order chi connectivity index (χ0) is 13.8. The maximum absolute atomic E-state index is 13.4. The first-order valence-corrected chi connectivity index (χ1v) is 6.54. The number of ketones is 1. The van der Waals surface area contributed by atoms with E-state index in [1.54, 1.807) is 0 Å². The van der Waals surface area contributed by atoms with E-state index in [2.05, 4.69) is 15.9 Å². The molecule has 0 radical (unpaired) electrons. The molecule has 19 heavy (non-hydrogen) atoms. The molecule has 0 N–H and O–H groups in total. The van der Waals surface area contributed by atoms with Crippen LogP contribution in [0, 0.1) is 5.82 Å². The fourth-order valence-electron chi connectivity index (χ4n) is 1.66. The zero-order valence-electron chi connectivity index (χ0n) is 10.3. The topological polar surface area (TPSA) is 26.3 Å². The predicted octanol–water partition coefficient (Wildman–Crippen LogP) is 4.37. The second-order valence-electron chi connectivity index (χ2n) is 4.09. The molecule has 2 nitrogen and oxygen atoms in total. The fraction of sp³-hybridized carbons (Fsp3) is 0.133. The molecule has 4 heteroatoms. The molecule has 0 fully saturated rings. The van der Waals surface area contributed by atoms with Crippen LogP contribution in [-0.2, 0) is 6.61 Å². The van der Waals surface area contributed by atoms with E-state index in [9.17, 15) is 9.18 Å². The number of halogens is 2. The average molecular weight is 323 g/mol. The standard InChI is InChI=1S/C15H12BrFO2/c1-10(18)12-7-14(17)13(16)8-15(12)19-9-11-5-3-2-4-6-11/h2-8H,9H2,1H3. The second-order valence-corrected chi connectivity index (χ2v) is 4.95. The Morgan fingerprint density at radius 1 is 1.26 bits per heavy atom. The highest BCUT2D eigenvalue weighted by Crippen LogP contribution is 2.27. The van der Waals surface area contributed by atoms with Gasteiger partial charge in [-0.1, -0.05) is 30.3 Å². The van der Waals surface area contributed by atoms with Crippen molar-refractivity contribution in [2.45, 2.75) is 13.5 Å². The van der Waals surface area contributed by atoms with Crippen molar-refractivity contribution in [3.63, 3.8) is 0 Å². The van der Waals surface area contributed by atoms with Crippen molar-refractivity contribution in [1.82, 2.24) is 0 Å². The molecule has 0 heterocycles. The van der Waals surface area contributed by atoms with Crippen LogP contribution in [0.4, 0.5) is 4.39 Å². The van der Waals surface area contributed by atoms with Gasteiger partial charge >= 0.3 is 0 Å². The third-order valence-corrected chi connectivity index (χ3v) is 3.25. The van der Waals surface area contributed by atoms with Crippen LogP contribution in [0.15, 0.2) is 46.9 Å². The maximum Gasteiger partial charge on any atom is 0.163 e. The molecule has 0 bridgehead atoms. The monoisotopic (exact) mass is 322 g/mol. The molecule has 0 aliphatic carbocycles. The number of carbonyl (C=O) groups is 1. The van der Waals surface area contributed by atoms with Crippen molar-refractivity contribution < 1.29 is 13.9 Å². The Morgan fingerprint density at radius 2 is 1.95 bits per heavy atom. The van der Waals surface area contributed by atoms with Crippen LogP contribution in [0.5, 0.6) is 5.75 Å². The highest BCUT2D eigenvalue weighted by molar-refractivity contribution is 9.10. The van der Waals surface area contributed by atoms with Crippen molar-refractivity contribution in [2.24, 2.45) is 0 Å². The Morgan fingerprint density at radius 3 is 2.58 bits per heavy atom. The Bertz CT molecular complexity index is 597. The van der Waals surface area contributed by atoms with E-state index in [1.165, 1.54) is 19.1 Å². The summed E-state index contributed by atoms with van der Waals surface area (Å²) < 4.78 is 19.3.